The maximum absolute atomic E-state index is 6.13. The van der Waals surface area contributed by atoms with Crippen molar-refractivity contribution in [3.8, 4) is 0 Å². The van der Waals surface area contributed by atoms with E-state index in [-0.39, 0.29) is 5.60 Å². The van der Waals surface area contributed by atoms with Gasteiger partial charge in [-0.05, 0) is 59.4 Å². The van der Waals surface area contributed by atoms with E-state index in [0.717, 1.165) is 25.4 Å². The van der Waals surface area contributed by atoms with E-state index in [2.05, 4.69) is 33.1 Å². The molecule has 2 atom stereocenters. The lowest BCUT2D eigenvalue weighted by Crippen LogP contribution is -2.45. The van der Waals surface area contributed by atoms with E-state index in [9.17, 15) is 0 Å². The number of nitrogens with one attached hydrogen (secondary N) is 1. The molecule has 3 heteroatoms. The average molecular weight is 285 g/mol. The van der Waals surface area contributed by atoms with Crippen LogP contribution in [0.4, 0.5) is 0 Å². The van der Waals surface area contributed by atoms with Gasteiger partial charge in [0.15, 0.2) is 0 Å². The predicted molar refractivity (Wildman–Crippen MR) is 85.2 cm³/mol. The van der Waals surface area contributed by atoms with Gasteiger partial charge in [0.2, 0.25) is 0 Å². The second-order valence-electron chi connectivity index (χ2n) is 6.72. The van der Waals surface area contributed by atoms with Crippen LogP contribution in [0.15, 0.2) is 0 Å². The van der Waals surface area contributed by atoms with Crippen molar-refractivity contribution in [3.05, 3.63) is 0 Å². The van der Waals surface area contributed by atoms with Gasteiger partial charge in [0.1, 0.15) is 0 Å². The van der Waals surface area contributed by atoms with Gasteiger partial charge in [-0.15, -0.1) is 0 Å². The Kier molecular flexibility index (Phi) is 8.08. The van der Waals surface area contributed by atoms with Crippen molar-refractivity contribution >= 4 is 0 Å². The third-order valence-electron chi connectivity index (χ3n) is 4.85. The normalized spacial score (nSPS) is 20.9. The Labute approximate surface area is 125 Å². The van der Waals surface area contributed by atoms with Crippen molar-refractivity contribution in [1.29, 1.82) is 0 Å². The largest absolute Gasteiger partial charge is 0.379 e. The van der Waals surface area contributed by atoms with Crippen molar-refractivity contribution < 1.29 is 9.47 Å². The van der Waals surface area contributed by atoms with Gasteiger partial charge in [-0.3, -0.25) is 0 Å². The maximum atomic E-state index is 6.13. The summed E-state index contributed by atoms with van der Waals surface area (Å²) in [5.41, 5.74) is -0.0432. The van der Waals surface area contributed by atoms with E-state index >= 15 is 0 Å². The number of hydrogen-bond donors (Lipinski definition) is 1. The van der Waals surface area contributed by atoms with Crippen molar-refractivity contribution in [3.63, 3.8) is 0 Å². The Morgan fingerprint density at radius 2 is 1.85 bits per heavy atom. The number of hydrogen-bond acceptors (Lipinski definition) is 3. The van der Waals surface area contributed by atoms with Crippen molar-refractivity contribution in [2.45, 2.75) is 83.5 Å². The molecule has 20 heavy (non-hydrogen) atoms. The average Bonchev–Trinajstić information content (AvgIpc) is 2.47. The van der Waals surface area contributed by atoms with E-state index in [1.165, 1.54) is 32.1 Å². The lowest BCUT2D eigenvalue weighted by molar-refractivity contribution is -0.0301. The molecule has 2 unspecified atom stereocenters. The molecule has 0 aromatic rings. The molecule has 1 aliphatic carbocycles. The summed E-state index contributed by atoms with van der Waals surface area (Å²) >= 11 is 0. The SMILES string of the molecule is CCOC(C1CCCCC1)C(CCC(C)(C)OC)NC. The highest BCUT2D eigenvalue weighted by molar-refractivity contribution is 4.86. The van der Waals surface area contributed by atoms with E-state index in [1.807, 2.05) is 0 Å². The quantitative estimate of drug-likeness (QED) is 0.699. The van der Waals surface area contributed by atoms with E-state index in [1.54, 1.807) is 7.11 Å². The minimum absolute atomic E-state index is 0.0432. The van der Waals surface area contributed by atoms with Crippen LogP contribution in [0, 0.1) is 5.92 Å². The fourth-order valence-electron chi connectivity index (χ4n) is 3.31. The van der Waals surface area contributed by atoms with Crippen molar-refractivity contribution in [1.82, 2.24) is 5.32 Å². The Morgan fingerprint density at radius 3 is 2.35 bits per heavy atom. The van der Waals surface area contributed by atoms with Crippen molar-refractivity contribution in [2.75, 3.05) is 20.8 Å². The molecule has 120 valence electrons. The zero-order chi connectivity index (χ0) is 15.0. The molecule has 0 bridgehead atoms. The zero-order valence-electron chi connectivity index (χ0n) is 14.2. The molecule has 0 spiro atoms. The summed E-state index contributed by atoms with van der Waals surface area (Å²) in [4.78, 5) is 0. The molecule has 1 aliphatic rings. The van der Waals surface area contributed by atoms with Gasteiger partial charge in [0, 0.05) is 19.8 Å². The molecule has 0 heterocycles. The topological polar surface area (TPSA) is 30.5 Å². The first kappa shape index (κ1) is 17.9. The van der Waals surface area contributed by atoms with Crippen molar-refractivity contribution in [2.24, 2.45) is 5.92 Å². The third-order valence-corrected chi connectivity index (χ3v) is 4.85. The molecule has 0 radical (unpaired) electrons. The molecule has 0 amide bonds. The molecule has 0 aromatic heterocycles. The van der Waals surface area contributed by atoms with Crippen LogP contribution in [-0.2, 0) is 9.47 Å². The molecule has 1 fully saturated rings. The first-order valence-electron chi connectivity index (χ1n) is 8.38. The molecule has 1 N–H and O–H groups in total. The summed E-state index contributed by atoms with van der Waals surface area (Å²) in [5, 5.41) is 3.50. The number of ether oxygens (including phenoxy) is 2. The van der Waals surface area contributed by atoms with Crippen LogP contribution in [0.1, 0.15) is 65.7 Å². The zero-order valence-corrected chi connectivity index (χ0v) is 14.2. The summed E-state index contributed by atoms with van der Waals surface area (Å²) in [6.45, 7) is 7.25. The second-order valence-corrected chi connectivity index (χ2v) is 6.72. The minimum Gasteiger partial charge on any atom is -0.379 e. The number of methoxy groups -OCH3 is 1. The molecular weight excluding hydrogens is 250 g/mol. The van der Waals surface area contributed by atoms with Crippen LogP contribution in [0.3, 0.4) is 0 Å². The van der Waals surface area contributed by atoms with Crippen LogP contribution in [0.2, 0.25) is 0 Å². The Balaban J connectivity index is 2.60. The highest BCUT2D eigenvalue weighted by Gasteiger charge is 2.31. The van der Waals surface area contributed by atoms with E-state index in [0.29, 0.717) is 12.1 Å². The summed E-state index contributed by atoms with van der Waals surface area (Å²) in [6, 6.07) is 0.437. The minimum atomic E-state index is -0.0432. The van der Waals surface area contributed by atoms with Crippen LogP contribution in [-0.4, -0.2) is 38.5 Å². The Hall–Kier alpha value is -0.120. The smallest absolute Gasteiger partial charge is 0.0755 e. The summed E-state index contributed by atoms with van der Waals surface area (Å²) in [5.74, 6) is 0.729. The number of likely N-dealkylation sites (N-methyl/N-ethyl adjacent to an activating group) is 1. The lowest BCUT2D eigenvalue weighted by Gasteiger charge is -2.36. The van der Waals surface area contributed by atoms with Crippen LogP contribution >= 0.6 is 0 Å². The second kappa shape index (κ2) is 9.01. The van der Waals surface area contributed by atoms with Crippen LogP contribution in [0.5, 0.6) is 0 Å². The van der Waals surface area contributed by atoms with E-state index < -0.39 is 0 Å². The molecule has 0 aromatic carbocycles. The highest BCUT2D eigenvalue weighted by Crippen LogP contribution is 2.31. The fourth-order valence-corrected chi connectivity index (χ4v) is 3.31. The first-order valence-corrected chi connectivity index (χ1v) is 8.38. The fraction of sp³-hybridized carbons (Fsp3) is 1.00. The molecular formula is C17H35NO2. The monoisotopic (exact) mass is 285 g/mol. The molecule has 1 saturated carbocycles. The van der Waals surface area contributed by atoms with Gasteiger partial charge in [0.05, 0.1) is 11.7 Å². The Bertz CT molecular complexity index is 249. The third kappa shape index (κ3) is 5.71. The maximum Gasteiger partial charge on any atom is 0.0755 e. The molecule has 0 aliphatic heterocycles. The Morgan fingerprint density at radius 1 is 1.20 bits per heavy atom. The molecule has 1 rings (SSSR count). The number of rotatable bonds is 9. The molecule has 3 nitrogen and oxygen atoms in total. The van der Waals surface area contributed by atoms with Gasteiger partial charge in [-0.25, -0.2) is 0 Å². The van der Waals surface area contributed by atoms with E-state index in [4.69, 9.17) is 9.47 Å². The summed E-state index contributed by atoms with van der Waals surface area (Å²) < 4.78 is 11.7. The molecule has 0 saturated heterocycles. The highest BCUT2D eigenvalue weighted by atomic mass is 16.5. The van der Waals surface area contributed by atoms with Gasteiger partial charge < -0.3 is 14.8 Å². The predicted octanol–water partition coefficient (Wildman–Crippen LogP) is 3.77. The first-order chi connectivity index (χ1) is 9.54. The lowest BCUT2D eigenvalue weighted by atomic mass is 9.81. The van der Waals surface area contributed by atoms with Crippen LogP contribution < -0.4 is 5.32 Å². The van der Waals surface area contributed by atoms with Gasteiger partial charge in [0.25, 0.3) is 0 Å². The van der Waals surface area contributed by atoms with Gasteiger partial charge >= 0.3 is 0 Å². The van der Waals surface area contributed by atoms with Gasteiger partial charge in [-0.2, -0.15) is 0 Å². The van der Waals surface area contributed by atoms with Crippen LogP contribution in [0.25, 0.3) is 0 Å². The standard InChI is InChI=1S/C17H35NO2/c1-6-20-16(14-10-8-7-9-11-14)15(18-4)12-13-17(2,3)19-5/h14-16,18H,6-13H2,1-5H3. The summed E-state index contributed by atoms with van der Waals surface area (Å²) in [7, 11) is 3.87. The van der Waals surface area contributed by atoms with Gasteiger partial charge in [-0.1, -0.05) is 19.3 Å². The summed E-state index contributed by atoms with van der Waals surface area (Å²) in [6.07, 6.45) is 9.33.